The van der Waals surface area contributed by atoms with Crippen LogP contribution in [0.1, 0.15) is 59.8 Å². The van der Waals surface area contributed by atoms with Crippen LogP contribution in [0.3, 0.4) is 0 Å². The van der Waals surface area contributed by atoms with Crippen molar-refractivity contribution in [2.24, 2.45) is 0 Å². The highest BCUT2D eigenvalue weighted by Gasteiger charge is 2.23. The van der Waals surface area contributed by atoms with Gasteiger partial charge >= 0.3 is 5.97 Å². The van der Waals surface area contributed by atoms with E-state index in [1.807, 2.05) is 0 Å². The fourth-order valence-corrected chi connectivity index (χ4v) is 2.93. The fraction of sp³-hybridized carbons (Fsp3) is 0.824. The topological polar surface area (TPSA) is 26.3 Å². The Balaban J connectivity index is 4.12. The molecule has 3 nitrogen and oxygen atoms in total. The van der Waals surface area contributed by atoms with Crippen molar-refractivity contribution in [2.45, 2.75) is 59.8 Å². The molecule has 0 heterocycles. The van der Waals surface area contributed by atoms with Crippen molar-refractivity contribution >= 4 is 5.97 Å². The van der Waals surface area contributed by atoms with Crippen LogP contribution in [0, 0.1) is 0 Å². The second-order valence-corrected chi connectivity index (χ2v) is 5.86. The summed E-state index contributed by atoms with van der Waals surface area (Å²) in [5.74, 6) is -0.263. The van der Waals surface area contributed by atoms with Gasteiger partial charge in [-0.25, -0.2) is 4.79 Å². The second kappa shape index (κ2) is 10.9. The minimum absolute atomic E-state index is 0.263. The minimum atomic E-state index is -0.263. The highest BCUT2D eigenvalue weighted by Crippen LogP contribution is 2.14. The molecule has 0 aromatic heterocycles. The summed E-state index contributed by atoms with van der Waals surface area (Å²) in [5, 5.41) is 0. The Bertz CT molecular complexity index is 270. The molecule has 0 aliphatic carbocycles. The number of esters is 1. The van der Waals surface area contributed by atoms with Crippen LogP contribution in [0.4, 0.5) is 0 Å². The molecule has 0 fully saturated rings. The zero-order valence-corrected chi connectivity index (χ0v) is 14.0. The lowest BCUT2D eigenvalue weighted by molar-refractivity contribution is -0.928. The van der Waals surface area contributed by atoms with E-state index in [1.165, 1.54) is 49.9 Å². The number of carbonyl (C=O) groups is 1. The van der Waals surface area contributed by atoms with Crippen LogP contribution in [0.5, 0.6) is 0 Å². The number of quaternary nitrogens is 1. The number of nitrogens with zero attached hydrogens (tertiary/aromatic N) is 1. The number of rotatable bonds is 12. The maximum absolute atomic E-state index is 11.3. The largest absolute Gasteiger partial charge is 0.462 e. The van der Waals surface area contributed by atoms with Gasteiger partial charge in [0.1, 0.15) is 0 Å². The number of hydrogen-bond acceptors (Lipinski definition) is 2. The van der Waals surface area contributed by atoms with E-state index in [2.05, 4.69) is 27.4 Å². The summed E-state index contributed by atoms with van der Waals surface area (Å²) in [7, 11) is 0. The molecule has 0 atom stereocenters. The summed E-state index contributed by atoms with van der Waals surface area (Å²) in [5.41, 5.74) is 0.484. The Hall–Kier alpha value is -0.830. The van der Waals surface area contributed by atoms with Crippen molar-refractivity contribution in [1.29, 1.82) is 0 Å². The number of carbonyl (C=O) groups excluding carboxylic acids is 1. The zero-order valence-electron chi connectivity index (χ0n) is 14.0. The lowest BCUT2D eigenvalue weighted by atomic mass is 10.2. The molecule has 0 rings (SSSR count). The molecule has 0 unspecified atom stereocenters. The molecule has 0 saturated carbocycles. The average molecular weight is 284 g/mol. The molecule has 0 spiro atoms. The lowest BCUT2D eigenvalue weighted by Gasteiger charge is -2.38. The molecule has 0 aliphatic rings. The molecule has 0 aromatic carbocycles. The Kier molecular flexibility index (Phi) is 10.4. The summed E-state index contributed by atoms with van der Waals surface area (Å²) < 4.78 is 6.39. The summed E-state index contributed by atoms with van der Waals surface area (Å²) in [6, 6.07) is 0. The van der Waals surface area contributed by atoms with E-state index in [0.717, 1.165) is 12.8 Å². The Morgan fingerprint density at radius 2 is 1.45 bits per heavy atom. The van der Waals surface area contributed by atoms with Gasteiger partial charge in [-0.2, -0.15) is 0 Å². The normalized spacial score (nSPS) is 11.4. The third-order valence-electron chi connectivity index (χ3n) is 3.70. The minimum Gasteiger partial charge on any atom is -0.462 e. The van der Waals surface area contributed by atoms with Crippen LogP contribution in [0.25, 0.3) is 0 Å². The summed E-state index contributed by atoms with van der Waals surface area (Å²) >= 11 is 0. The first kappa shape index (κ1) is 19.2. The Morgan fingerprint density at radius 1 is 0.950 bits per heavy atom. The number of ether oxygens (including phenoxy) is 1. The molecule has 0 aromatic rings. The van der Waals surface area contributed by atoms with Crippen LogP contribution in [0.15, 0.2) is 12.2 Å². The van der Waals surface area contributed by atoms with Gasteiger partial charge in [0.05, 0.1) is 32.8 Å². The summed E-state index contributed by atoms with van der Waals surface area (Å²) in [4.78, 5) is 11.3. The third kappa shape index (κ3) is 7.68. The molecule has 0 saturated heterocycles. The van der Waals surface area contributed by atoms with Crippen molar-refractivity contribution in [3.63, 3.8) is 0 Å². The molecular formula is C17H34NO2+. The molecule has 20 heavy (non-hydrogen) atoms. The van der Waals surface area contributed by atoms with Gasteiger partial charge < -0.3 is 9.22 Å². The number of unbranched alkanes of at least 4 members (excludes halogenated alkanes) is 1. The van der Waals surface area contributed by atoms with E-state index in [4.69, 9.17) is 4.74 Å². The van der Waals surface area contributed by atoms with Gasteiger partial charge in [0.2, 0.25) is 0 Å². The van der Waals surface area contributed by atoms with Gasteiger partial charge in [-0.15, -0.1) is 0 Å². The van der Waals surface area contributed by atoms with E-state index in [1.54, 1.807) is 6.92 Å². The van der Waals surface area contributed by atoms with Crippen LogP contribution in [0.2, 0.25) is 0 Å². The number of hydrogen-bond donors (Lipinski definition) is 0. The van der Waals surface area contributed by atoms with Crippen LogP contribution in [-0.4, -0.2) is 43.2 Å². The van der Waals surface area contributed by atoms with E-state index in [-0.39, 0.29) is 5.97 Å². The first-order valence-electron chi connectivity index (χ1n) is 8.19. The van der Waals surface area contributed by atoms with Crippen LogP contribution < -0.4 is 0 Å². The van der Waals surface area contributed by atoms with Crippen molar-refractivity contribution in [1.82, 2.24) is 0 Å². The van der Waals surface area contributed by atoms with Gasteiger partial charge in [0.25, 0.3) is 0 Å². The second-order valence-electron chi connectivity index (χ2n) is 5.86. The predicted molar refractivity (Wildman–Crippen MR) is 85.6 cm³/mol. The molecule has 0 aliphatic heterocycles. The summed E-state index contributed by atoms with van der Waals surface area (Å²) in [6.07, 6.45) is 5.81. The maximum atomic E-state index is 11.3. The standard InChI is InChI=1S/C17H34NO2/c1-6-11-18(12-7-2,13-8-3)14-9-10-15-20-17(19)16(4)5/h4,6-15H2,1-3,5H3/q+1. The van der Waals surface area contributed by atoms with Crippen molar-refractivity contribution in [3.8, 4) is 0 Å². The molecule has 0 N–H and O–H groups in total. The Morgan fingerprint density at radius 3 is 1.85 bits per heavy atom. The molecule has 0 amide bonds. The molecule has 118 valence electrons. The monoisotopic (exact) mass is 284 g/mol. The molecule has 3 heteroatoms. The van der Waals surface area contributed by atoms with Crippen LogP contribution in [-0.2, 0) is 9.53 Å². The van der Waals surface area contributed by atoms with Crippen molar-refractivity contribution in [2.75, 3.05) is 32.8 Å². The van der Waals surface area contributed by atoms with Gasteiger partial charge in [0.15, 0.2) is 0 Å². The molecular weight excluding hydrogens is 250 g/mol. The first-order chi connectivity index (χ1) is 9.51. The van der Waals surface area contributed by atoms with Crippen molar-refractivity contribution in [3.05, 3.63) is 12.2 Å². The van der Waals surface area contributed by atoms with Crippen molar-refractivity contribution < 1.29 is 14.0 Å². The highest BCUT2D eigenvalue weighted by atomic mass is 16.5. The van der Waals surface area contributed by atoms with E-state index >= 15 is 0 Å². The first-order valence-corrected chi connectivity index (χ1v) is 8.19. The van der Waals surface area contributed by atoms with Gasteiger partial charge in [-0.3, -0.25) is 0 Å². The smallest absolute Gasteiger partial charge is 0.333 e. The van der Waals surface area contributed by atoms with Gasteiger partial charge in [-0.05, 0) is 39.0 Å². The molecule has 0 radical (unpaired) electrons. The quantitative estimate of drug-likeness (QED) is 0.235. The maximum Gasteiger partial charge on any atom is 0.333 e. The third-order valence-corrected chi connectivity index (χ3v) is 3.70. The van der Waals surface area contributed by atoms with E-state index < -0.39 is 0 Å². The predicted octanol–water partition coefficient (Wildman–Crippen LogP) is 3.93. The van der Waals surface area contributed by atoms with Gasteiger partial charge in [0, 0.05) is 5.57 Å². The average Bonchev–Trinajstić information content (AvgIpc) is 2.39. The van der Waals surface area contributed by atoms with Gasteiger partial charge in [-0.1, -0.05) is 27.4 Å². The Labute approximate surface area is 125 Å². The van der Waals surface area contributed by atoms with E-state index in [9.17, 15) is 4.79 Å². The summed E-state index contributed by atoms with van der Waals surface area (Å²) in [6.45, 7) is 17.6. The highest BCUT2D eigenvalue weighted by molar-refractivity contribution is 5.86. The van der Waals surface area contributed by atoms with E-state index in [0.29, 0.717) is 12.2 Å². The van der Waals surface area contributed by atoms with Crippen LogP contribution >= 0.6 is 0 Å². The SMILES string of the molecule is C=C(C)C(=O)OCCCC[N+](CCC)(CCC)CCC. The molecule has 0 bridgehead atoms. The zero-order chi connectivity index (χ0) is 15.4. The fourth-order valence-electron chi connectivity index (χ4n) is 2.93. The lowest BCUT2D eigenvalue weighted by Crippen LogP contribution is -2.50.